The summed E-state index contributed by atoms with van der Waals surface area (Å²) in [6.07, 6.45) is 2.59. The maximum absolute atomic E-state index is 8.59. The highest BCUT2D eigenvalue weighted by atomic mass is 16.3. The van der Waals surface area contributed by atoms with Gasteiger partial charge in [0.05, 0.1) is 12.4 Å². The molecule has 0 saturated heterocycles. The Morgan fingerprint density at radius 1 is 1.75 bits per heavy atom. The molecule has 0 atom stereocenters. The molecular formula is C4H6N2O2. The number of rotatable bonds is 1. The van der Waals surface area contributed by atoms with Crippen molar-refractivity contribution in [1.29, 1.82) is 0 Å². The van der Waals surface area contributed by atoms with Crippen molar-refractivity contribution in [2.75, 3.05) is 0 Å². The fraction of sp³-hybridized carbons (Fsp3) is 0.250. The van der Waals surface area contributed by atoms with Gasteiger partial charge in [0.15, 0.2) is 5.75 Å². The number of aromatic hydroxyl groups is 1. The zero-order chi connectivity index (χ0) is 5.98. The highest BCUT2D eigenvalue weighted by Gasteiger charge is 1.89. The third-order valence-electron chi connectivity index (χ3n) is 0.765. The summed E-state index contributed by atoms with van der Waals surface area (Å²) in [6.45, 7) is -0.194. The van der Waals surface area contributed by atoms with Crippen LogP contribution in [0.2, 0.25) is 0 Å². The first-order chi connectivity index (χ1) is 3.83. The number of hydrogen-bond donors (Lipinski definition) is 2. The number of aromatic nitrogens is 2. The fourth-order valence-corrected chi connectivity index (χ4v) is 0.430. The van der Waals surface area contributed by atoms with Crippen LogP contribution in [0.1, 0.15) is 0 Å². The molecule has 0 aromatic carbocycles. The molecule has 2 N–H and O–H groups in total. The average Bonchev–Trinajstić information content (AvgIpc) is 2.14. The number of nitrogens with zero attached hydrogens (tertiary/aromatic N) is 2. The number of aliphatic hydroxyl groups is 1. The van der Waals surface area contributed by atoms with E-state index in [1.807, 2.05) is 0 Å². The molecule has 0 unspecified atom stereocenters. The normalized spacial score (nSPS) is 9.62. The molecule has 4 nitrogen and oxygen atoms in total. The summed E-state index contributed by atoms with van der Waals surface area (Å²) >= 11 is 0. The molecular weight excluding hydrogens is 108 g/mol. The van der Waals surface area contributed by atoms with Crippen molar-refractivity contribution in [2.24, 2.45) is 0 Å². The van der Waals surface area contributed by atoms with Crippen LogP contribution in [-0.2, 0) is 6.73 Å². The van der Waals surface area contributed by atoms with Gasteiger partial charge >= 0.3 is 0 Å². The third kappa shape index (κ3) is 0.788. The largest absolute Gasteiger partial charge is 0.505 e. The van der Waals surface area contributed by atoms with Crippen molar-refractivity contribution in [1.82, 2.24) is 9.78 Å². The smallest absolute Gasteiger partial charge is 0.153 e. The van der Waals surface area contributed by atoms with Crippen molar-refractivity contribution in [3.63, 3.8) is 0 Å². The predicted molar refractivity (Wildman–Crippen MR) is 26.1 cm³/mol. The molecule has 0 aliphatic carbocycles. The summed E-state index contributed by atoms with van der Waals surface area (Å²) in [5.41, 5.74) is 0. The SMILES string of the molecule is OCn1cc(O)cn1. The number of aliphatic hydroxyl groups excluding tert-OH is 1. The second kappa shape index (κ2) is 1.83. The van der Waals surface area contributed by atoms with Gasteiger partial charge in [0.25, 0.3) is 0 Å². The lowest BCUT2D eigenvalue weighted by Crippen LogP contribution is -1.94. The zero-order valence-electron chi connectivity index (χ0n) is 4.15. The van der Waals surface area contributed by atoms with Crippen LogP contribution in [0, 0.1) is 0 Å². The van der Waals surface area contributed by atoms with Gasteiger partial charge in [-0.05, 0) is 0 Å². The molecule has 0 spiro atoms. The highest BCUT2D eigenvalue weighted by molar-refractivity contribution is 5.07. The Kier molecular flexibility index (Phi) is 1.17. The van der Waals surface area contributed by atoms with Crippen molar-refractivity contribution >= 4 is 0 Å². The Morgan fingerprint density at radius 2 is 2.50 bits per heavy atom. The molecule has 1 heterocycles. The lowest BCUT2D eigenvalue weighted by atomic mass is 10.7. The molecule has 0 amide bonds. The van der Waals surface area contributed by atoms with Crippen molar-refractivity contribution in [3.05, 3.63) is 12.4 Å². The molecule has 1 aromatic heterocycles. The summed E-state index contributed by atoms with van der Waals surface area (Å²) in [4.78, 5) is 0. The standard InChI is InChI=1S/C4H6N2O2/c7-3-6-2-4(8)1-5-6/h1-2,7-8H,3H2. The van der Waals surface area contributed by atoms with Crippen molar-refractivity contribution in [3.8, 4) is 5.75 Å². The Balaban J connectivity index is 2.84. The number of hydrogen-bond acceptors (Lipinski definition) is 3. The molecule has 1 aromatic rings. The molecule has 0 saturated carbocycles. The van der Waals surface area contributed by atoms with E-state index in [2.05, 4.69) is 5.10 Å². The van der Waals surface area contributed by atoms with E-state index in [0.717, 1.165) is 0 Å². The predicted octanol–water partition coefficient (Wildman–Crippen LogP) is -0.462. The molecule has 0 bridgehead atoms. The molecule has 0 fully saturated rings. The minimum atomic E-state index is -0.194. The third-order valence-corrected chi connectivity index (χ3v) is 0.765. The van der Waals surface area contributed by atoms with E-state index in [0.29, 0.717) is 0 Å². The van der Waals surface area contributed by atoms with Gasteiger partial charge in [-0.1, -0.05) is 0 Å². The minimum absolute atomic E-state index is 0.0686. The van der Waals surface area contributed by atoms with Crippen LogP contribution >= 0.6 is 0 Å². The Morgan fingerprint density at radius 3 is 2.75 bits per heavy atom. The first-order valence-corrected chi connectivity index (χ1v) is 2.15. The van der Waals surface area contributed by atoms with Crippen LogP contribution in [-0.4, -0.2) is 20.0 Å². The first-order valence-electron chi connectivity index (χ1n) is 2.15. The molecule has 4 heteroatoms. The van der Waals surface area contributed by atoms with E-state index in [4.69, 9.17) is 10.2 Å². The molecule has 0 radical (unpaired) electrons. The second-order valence-electron chi connectivity index (χ2n) is 1.38. The first kappa shape index (κ1) is 5.11. The zero-order valence-corrected chi connectivity index (χ0v) is 4.15. The van der Waals surface area contributed by atoms with Gasteiger partial charge in [0, 0.05) is 0 Å². The second-order valence-corrected chi connectivity index (χ2v) is 1.38. The molecule has 0 aliphatic rings. The lowest BCUT2D eigenvalue weighted by molar-refractivity contribution is 0.195. The van der Waals surface area contributed by atoms with Gasteiger partial charge in [0.1, 0.15) is 6.73 Å². The van der Waals surface area contributed by atoms with Crippen LogP contribution in [0.3, 0.4) is 0 Å². The Hall–Kier alpha value is -1.03. The monoisotopic (exact) mass is 114 g/mol. The average molecular weight is 114 g/mol. The van der Waals surface area contributed by atoms with Crippen molar-refractivity contribution in [2.45, 2.75) is 6.73 Å². The Bertz CT molecular complexity index is 172. The van der Waals surface area contributed by atoms with E-state index in [-0.39, 0.29) is 12.5 Å². The summed E-state index contributed by atoms with van der Waals surface area (Å²) in [5, 5.41) is 20.5. The van der Waals surface area contributed by atoms with Crippen LogP contribution in [0.5, 0.6) is 5.75 Å². The highest BCUT2D eigenvalue weighted by Crippen LogP contribution is 2.02. The minimum Gasteiger partial charge on any atom is -0.505 e. The van der Waals surface area contributed by atoms with Crippen LogP contribution in [0.15, 0.2) is 12.4 Å². The summed E-state index contributed by atoms with van der Waals surface area (Å²) in [7, 11) is 0. The summed E-state index contributed by atoms with van der Waals surface area (Å²) in [6, 6.07) is 0. The van der Waals surface area contributed by atoms with E-state index in [1.54, 1.807) is 0 Å². The van der Waals surface area contributed by atoms with Gasteiger partial charge in [-0.15, -0.1) is 0 Å². The van der Waals surface area contributed by atoms with Crippen LogP contribution in [0.4, 0.5) is 0 Å². The molecule has 1 rings (SSSR count). The maximum Gasteiger partial charge on any atom is 0.153 e. The van der Waals surface area contributed by atoms with E-state index in [9.17, 15) is 0 Å². The summed E-state index contributed by atoms with van der Waals surface area (Å²) in [5.74, 6) is 0.0686. The quantitative estimate of drug-likeness (QED) is 0.519. The summed E-state index contributed by atoms with van der Waals surface area (Å²) < 4.78 is 1.22. The van der Waals surface area contributed by atoms with Crippen LogP contribution in [0.25, 0.3) is 0 Å². The van der Waals surface area contributed by atoms with Gasteiger partial charge in [0.2, 0.25) is 0 Å². The maximum atomic E-state index is 8.59. The topological polar surface area (TPSA) is 58.3 Å². The van der Waals surface area contributed by atoms with E-state index >= 15 is 0 Å². The molecule has 0 aliphatic heterocycles. The molecule has 8 heavy (non-hydrogen) atoms. The van der Waals surface area contributed by atoms with E-state index < -0.39 is 0 Å². The van der Waals surface area contributed by atoms with Gasteiger partial charge < -0.3 is 10.2 Å². The lowest BCUT2D eigenvalue weighted by Gasteiger charge is -1.87. The molecule has 44 valence electrons. The fourth-order valence-electron chi connectivity index (χ4n) is 0.430. The Labute approximate surface area is 46.0 Å². The van der Waals surface area contributed by atoms with Crippen LogP contribution < -0.4 is 0 Å². The van der Waals surface area contributed by atoms with Gasteiger partial charge in [-0.3, -0.25) is 0 Å². The van der Waals surface area contributed by atoms with Gasteiger partial charge in [-0.2, -0.15) is 5.10 Å². The van der Waals surface area contributed by atoms with E-state index in [1.165, 1.54) is 17.1 Å². The van der Waals surface area contributed by atoms with Gasteiger partial charge in [-0.25, -0.2) is 4.68 Å². The van der Waals surface area contributed by atoms with Crippen molar-refractivity contribution < 1.29 is 10.2 Å².